The highest BCUT2D eigenvalue weighted by molar-refractivity contribution is 7.99. The Morgan fingerprint density at radius 2 is 0.820 bits per heavy atom. The molecule has 0 bridgehead atoms. The zero-order valence-corrected chi connectivity index (χ0v) is 29.8. The number of carbonyl (C=O) groups excluding carboxylic acids is 2. The van der Waals surface area contributed by atoms with Crippen LogP contribution in [-0.4, -0.2) is 56.9 Å². The molecule has 2 N–H and O–H groups in total. The molecule has 10 heteroatoms. The summed E-state index contributed by atoms with van der Waals surface area (Å²) in [6.45, 7) is 4.88. The normalized spacial score (nSPS) is 18.1. The molecular formula is C40H42N2O6S2. The summed E-state index contributed by atoms with van der Waals surface area (Å²) in [5.41, 5.74) is 1.69. The van der Waals surface area contributed by atoms with Crippen LogP contribution >= 0.6 is 23.5 Å². The number of aliphatic carboxylic acids is 2. The van der Waals surface area contributed by atoms with E-state index in [4.69, 9.17) is 0 Å². The van der Waals surface area contributed by atoms with Crippen molar-refractivity contribution in [1.29, 1.82) is 0 Å². The van der Waals surface area contributed by atoms with Crippen molar-refractivity contribution < 1.29 is 29.4 Å². The Hall–Kier alpha value is -4.54. The van der Waals surface area contributed by atoms with Crippen LogP contribution in [0.4, 0.5) is 0 Å². The van der Waals surface area contributed by atoms with Crippen molar-refractivity contribution >= 4 is 47.3 Å². The van der Waals surface area contributed by atoms with Gasteiger partial charge in [0, 0.05) is 45.8 Å². The fourth-order valence-electron chi connectivity index (χ4n) is 6.49. The number of nitrogens with zero attached hydrogens (tertiary/aromatic N) is 2. The summed E-state index contributed by atoms with van der Waals surface area (Å²) in [7, 11) is 0. The van der Waals surface area contributed by atoms with Crippen molar-refractivity contribution in [2.24, 2.45) is 23.7 Å². The van der Waals surface area contributed by atoms with E-state index in [1.54, 1.807) is 23.5 Å². The van der Waals surface area contributed by atoms with Gasteiger partial charge >= 0.3 is 11.9 Å². The van der Waals surface area contributed by atoms with Crippen LogP contribution < -0.4 is 0 Å². The number of carboxylic acids is 2. The Morgan fingerprint density at radius 3 is 1.12 bits per heavy atom. The van der Waals surface area contributed by atoms with Crippen LogP contribution in [0, 0.1) is 23.7 Å². The number of hydrogen-bond acceptors (Lipinski definition) is 6. The smallest absolute Gasteiger partial charge is 0.308 e. The summed E-state index contributed by atoms with van der Waals surface area (Å²) < 4.78 is 0. The minimum atomic E-state index is -1.44. The van der Waals surface area contributed by atoms with E-state index in [0.29, 0.717) is 25.9 Å². The molecule has 1 saturated carbocycles. The third-order valence-corrected chi connectivity index (χ3v) is 10.9. The highest BCUT2D eigenvalue weighted by Gasteiger charge is 2.64. The molecule has 0 radical (unpaired) electrons. The zero-order chi connectivity index (χ0) is 35.6. The van der Waals surface area contributed by atoms with E-state index in [1.807, 2.05) is 123 Å². The lowest BCUT2D eigenvalue weighted by molar-refractivity contribution is -0.187. The van der Waals surface area contributed by atoms with E-state index in [2.05, 4.69) is 0 Å². The number of rotatable bonds is 16. The van der Waals surface area contributed by atoms with Crippen molar-refractivity contribution in [3.63, 3.8) is 0 Å². The average molecular weight is 711 g/mol. The summed E-state index contributed by atoms with van der Waals surface area (Å²) in [4.78, 5) is 60.8. The van der Waals surface area contributed by atoms with Gasteiger partial charge in [0.15, 0.2) is 0 Å². The second-order valence-corrected chi connectivity index (χ2v) is 14.7. The van der Waals surface area contributed by atoms with E-state index in [0.717, 1.165) is 30.7 Å². The number of amides is 2. The third-order valence-electron chi connectivity index (χ3n) is 8.85. The standard InChI is InChI=1S/C40H42N2O6S2/c1-3-23-41(25-27-15-19-31(20-16-27)49-29-11-7-5-8-12-29)37(43)33-35(39(45)46)34(36(33)40(47)48)38(44)42(24-4-2)26-28-17-21-32(22-18-28)50-30-13-9-6-10-14-30/h5-22,33-36H,3-4,23-26H2,1-2H3,(H,45,46)(H,47,48). The van der Waals surface area contributed by atoms with Gasteiger partial charge in [0.25, 0.3) is 0 Å². The molecule has 5 rings (SSSR count). The van der Waals surface area contributed by atoms with Crippen molar-refractivity contribution in [3.05, 3.63) is 120 Å². The van der Waals surface area contributed by atoms with Crippen LogP contribution in [0.1, 0.15) is 37.8 Å². The Kier molecular flexibility index (Phi) is 12.8. The van der Waals surface area contributed by atoms with E-state index in [-0.39, 0.29) is 13.1 Å². The lowest BCUT2D eigenvalue weighted by Gasteiger charge is -2.48. The van der Waals surface area contributed by atoms with E-state index >= 15 is 0 Å². The molecule has 1 fully saturated rings. The van der Waals surface area contributed by atoms with Crippen molar-refractivity contribution in [1.82, 2.24) is 9.80 Å². The molecule has 0 spiro atoms. The second kappa shape index (κ2) is 17.4. The molecule has 1 aliphatic carbocycles. The van der Waals surface area contributed by atoms with Crippen LogP contribution in [0.15, 0.2) is 129 Å². The van der Waals surface area contributed by atoms with Crippen LogP contribution in [-0.2, 0) is 32.3 Å². The highest BCUT2D eigenvalue weighted by Crippen LogP contribution is 2.49. The molecule has 0 unspecified atom stereocenters. The molecule has 8 nitrogen and oxygen atoms in total. The maximum Gasteiger partial charge on any atom is 0.308 e. The van der Waals surface area contributed by atoms with Crippen molar-refractivity contribution in [2.45, 2.75) is 59.4 Å². The molecular weight excluding hydrogens is 669 g/mol. The van der Waals surface area contributed by atoms with E-state index in [9.17, 15) is 29.4 Å². The molecule has 0 heterocycles. The molecule has 4 aromatic rings. The topological polar surface area (TPSA) is 115 Å². The Balaban J connectivity index is 1.31. The molecule has 1 aliphatic rings. The SMILES string of the molecule is CCCN(Cc1ccc(Sc2ccccc2)cc1)C(=O)C1C(C(=O)O)C(C(=O)N(CCC)Cc2ccc(Sc3ccccc3)cc2)C1C(=O)O. The molecule has 0 aromatic heterocycles. The van der Waals surface area contributed by atoms with Gasteiger partial charge in [0.2, 0.25) is 11.8 Å². The van der Waals surface area contributed by atoms with Gasteiger partial charge in [-0.25, -0.2) is 0 Å². The monoisotopic (exact) mass is 710 g/mol. The van der Waals surface area contributed by atoms with Gasteiger partial charge in [-0.05, 0) is 72.5 Å². The number of hydrogen-bond donors (Lipinski definition) is 2. The number of carboxylic acid groups (broad SMARTS) is 2. The van der Waals surface area contributed by atoms with Gasteiger partial charge in [-0.1, -0.05) is 98.0 Å². The first-order valence-electron chi connectivity index (χ1n) is 16.9. The first-order chi connectivity index (χ1) is 24.2. The predicted molar refractivity (Wildman–Crippen MR) is 195 cm³/mol. The Bertz CT molecular complexity index is 1610. The molecule has 2 amide bonds. The van der Waals surface area contributed by atoms with Gasteiger partial charge < -0.3 is 20.0 Å². The van der Waals surface area contributed by atoms with E-state index < -0.39 is 47.4 Å². The minimum absolute atomic E-state index is 0.206. The van der Waals surface area contributed by atoms with Gasteiger partial charge in [-0.15, -0.1) is 0 Å². The van der Waals surface area contributed by atoms with Crippen molar-refractivity contribution in [2.75, 3.05) is 13.1 Å². The molecule has 4 aromatic carbocycles. The van der Waals surface area contributed by atoms with Crippen LogP contribution in [0.3, 0.4) is 0 Å². The summed E-state index contributed by atoms with van der Waals surface area (Å²) in [5.74, 6) is -9.35. The molecule has 50 heavy (non-hydrogen) atoms. The average Bonchev–Trinajstić information content (AvgIpc) is 3.09. The number of benzene rings is 4. The summed E-state index contributed by atoms with van der Waals surface area (Å²) in [6.07, 6.45) is 1.20. The minimum Gasteiger partial charge on any atom is -0.481 e. The molecule has 260 valence electrons. The third kappa shape index (κ3) is 8.97. The van der Waals surface area contributed by atoms with Crippen LogP contribution in [0.5, 0.6) is 0 Å². The van der Waals surface area contributed by atoms with Gasteiger partial charge in [0.1, 0.15) is 0 Å². The molecule has 0 aliphatic heterocycles. The van der Waals surface area contributed by atoms with Crippen molar-refractivity contribution in [3.8, 4) is 0 Å². The fourth-order valence-corrected chi connectivity index (χ4v) is 8.16. The summed E-state index contributed by atoms with van der Waals surface area (Å²) in [6, 6.07) is 35.5. The Labute approximate surface area is 301 Å². The molecule has 0 atom stereocenters. The van der Waals surface area contributed by atoms with Crippen LogP contribution in [0.2, 0.25) is 0 Å². The maximum absolute atomic E-state index is 14.0. The Morgan fingerprint density at radius 1 is 0.500 bits per heavy atom. The maximum atomic E-state index is 14.0. The first kappa shape index (κ1) is 36.7. The lowest BCUT2D eigenvalue weighted by Crippen LogP contribution is -2.64. The lowest BCUT2D eigenvalue weighted by atomic mass is 9.55. The van der Waals surface area contributed by atoms with E-state index in [1.165, 1.54) is 9.80 Å². The largest absolute Gasteiger partial charge is 0.481 e. The van der Waals surface area contributed by atoms with Gasteiger partial charge in [0.05, 0.1) is 23.7 Å². The number of carbonyl (C=O) groups is 4. The summed E-state index contributed by atoms with van der Waals surface area (Å²) >= 11 is 3.24. The predicted octanol–water partition coefficient (Wildman–Crippen LogP) is 7.81. The zero-order valence-electron chi connectivity index (χ0n) is 28.2. The molecule has 0 saturated heterocycles. The first-order valence-corrected chi connectivity index (χ1v) is 18.5. The highest BCUT2D eigenvalue weighted by atomic mass is 32.2. The fraction of sp³-hybridized carbons (Fsp3) is 0.300. The quantitative estimate of drug-likeness (QED) is 0.121. The van der Waals surface area contributed by atoms with Gasteiger partial charge in [-0.3, -0.25) is 19.2 Å². The summed E-state index contributed by atoms with van der Waals surface area (Å²) in [5, 5.41) is 20.7. The second-order valence-electron chi connectivity index (χ2n) is 12.4. The van der Waals surface area contributed by atoms with Gasteiger partial charge in [-0.2, -0.15) is 0 Å². The van der Waals surface area contributed by atoms with Crippen LogP contribution in [0.25, 0.3) is 0 Å².